The van der Waals surface area contributed by atoms with Crippen molar-refractivity contribution in [1.29, 1.82) is 0 Å². The van der Waals surface area contributed by atoms with Crippen molar-refractivity contribution in [2.45, 2.75) is 19.4 Å². The minimum Gasteiger partial charge on any atom is -0.508 e. The summed E-state index contributed by atoms with van der Waals surface area (Å²) < 4.78 is 14.3. The van der Waals surface area contributed by atoms with Gasteiger partial charge in [-0.05, 0) is 66.1 Å². The Labute approximate surface area is 198 Å². The van der Waals surface area contributed by atoms with Gasteiger partial charge >= 0.3 is 5.91 Å². The van der Waals surface area contributed by atoms with Crippen LogP contribution in [0.15, 0.2) is 72.3 Å². The number of aliphatic hydroxyl groups is 1. The minimum absolute atomic E-state index is 0.0539. The maximum absolute atomic E-state index is 13.4. The summed E-state index contributed by atoms with van der Waals surface area (Å²) in [6.07, 6.45) is 0.842. The molecule has 34 heavy (non-hydrogen) atoms. The quantitative estimate of drug-likeness (QED) is 0.237. The Morgan fingerprint density at radius 2 is 1.85 bits per heavy atom. The van der Waals surface area contributed by atoms with E-state index >= 15 is 0 Å². The monoisotopic (exact) mass is 474 g/mol. The first-order valence-electron chi connectivity index (χ1n) is 10.6. The van der Waals surface area contributed by atoms with Crippen LogP contribution in [-0.4, -0.2) is 26.9 Å². The van der Waals surface area contributed by atoms with Gasteiger partial charge < -0.3 is 10.2 Å². The van der Waals surface area contributed by atoms with Gasteiger partial charge in [-0.25, -0.2) is 9.37 Å². The lowest BCUT2D eigenvalue weighted by atomic mass is 9.95. The van der Waals surface area contributed by atoms with Crippen molar-refractivity contribution in [3.8, 4) is 5.75 Å². The highest BCUT2D eigenvalue weighted by Gasteiger charge is 2.48. The lowest BCUT2D eigenvalue weighted by Gasteiger charge is -2.23. The predicted molar refractivity (Wildman–Crippen MR) is 128 cm³/mol. The van der Waals surface area contributed by atoms with Crippen molar-refractivity contribution in [2.24, 2.45) is 0 Å². The molecule has 1 amide bonds. The Hall–Kier alpha value is -4.04. The van der Waals surface area contributed by atoms with E-state index in [4.69, 9.17) is 0 Å². The second-order valence-corrected chi connectivity index (χ2v) is 8.93. The second kappa shape index (κ2) is 8.39. The predicted octanol–water partition coefficient (Wildman–Crippen LogP) is 5.33. The van der Waals surface area contributed by atoms with Crippen LogP contribution in [0, 0.1) is 5.82 Å². The molecule has 1 saturated heterocycles. The number of carbonyl (C=O) groups excluding carboxylic acids is 2. The van der Waals surface area contributed by atoms with Gasteiger partial charge in [0.1, 0.15) is 17.3 Å². The van der Waals surface area contributed by atoms with Crippen LogP contribution < -0.4 is 4.90 Å². The number of anilines is 1. The summed E-state index contributed by atoms with van der Waals surface area (Å²) in [4.78, 5) is 32.3. The number of aromatic hydroxyl groups is 1. The molecule has 5 rings (SSSR count). The third-order valence-corrected chi connectivity index (χ3v) is 6.82. The average Bonchev–Trinajstić information content (AvgIpc) is 3.36. The van der Waals surface area contributed by atoms with Gasteiger partial charge in [-0.3, -0.25) is 14.5 Å². The van der Waals surface area contributed by atoms with Crippen molar-refractivity contribution in [3.63, 3.8) is 0 Å². The van der Waals surface area contributed by atoms with Gasteiger partial charge in [0.15, 0.2) is 5.13 Å². The number of rotatable bonds is 4. The van der Waals surface area contributed by atoms with Crippen LogP contribution in [0.5, 0.6) is 5.75 Å². The number of hydrogen-bond acceptors (Lipinski definition) is 6. The molecule has 1 aliphatic heterocycles. The van der Waals surface area contributed by atoms with Gasteiger partial charge in [0.25, 0.3) is 5.78 Å². The van der Waals surface area contributed by atoms with E-state index in [-0.39, 0.29) is 16.9 Å². The minimum atomic E-state index is -1.02. The topological polar surface area (TPSA) is 90.7 Å². The highest BCUT2D eigenvalue weighted by atomic mass is 32.1. The Morgan fingerprint density at radius 1 is 1.09 bits per heavy atom. The highest BCUT2D eigenvalue weighted by molar-refractivity contribution is 7.22. The Balaban J connectivity index is 1.72. The third-order valence-electron chi connectivity index (χ3n) is 5.80. The highest BCUT2D eigenvalue weighted by Crippen LogP contribution is 2.44. The normalized spacial score (nSPS) is 17.6. The Morgan fingerprint density at radius 3 is 2.56 bits per heavy atom. The first kappa shape index (κ1) is 21.8. The van der Waals surface area contributed by atoms with E-state index in [1.807, 2.05) is 25.1 Å². The summed E-state index contributed by atoms with van der Waals surface area (Å²) in [5, 5.41) is 21.4. The molecule has 8 heteroatoms. The number of hydrogen-bond donors (Lipinski definition) is 2. The summed E-state index contributed by atoms with van der Waals surface area (Å²) in [6, 6.07) is 15.9. The molecule has 0 radical (unpaired) electrons. The molecule has 1 aromatic heterocycles. The molecule has 1 fully saturated rings. The number of aryl methyl sites for hydroxylation is 1. The third kappa shape index (κ3) is 3.62. The van der Waals surface area contributed by atoms with Crippen molar-refractivity contribution < 1.29 is 24.2 Å². The lowest BCUT2D eigenvalue weighted by molar-refractivity contribution is -0.132. The van der Waals surface area contributed by atoms with Crippen LogP contribution >= 0.6 is 11.3 Å². The molecule has 0 saturated carbocycles. The summed E-state index contributed by atoms with van der Waals surface area (Å²) in [5.74, 6) is -2.71. The molecule has 1 aliphatic rings. The molecule has 0 aliphatic carbocycles. The van der Waals surface area contributed by atoms with Crippen molar-refractivity contribution in [1.82, 2.24) is 4.98 Å². The number of thiazole rings is 1. The second-order valence-electron chi connectivity index (χ2n) is 7.92. The number of halogens is 1. The maximum Gasteiger partial charge on any atom is 0.301 e. The summed E-state index contributed by atoms with van der Waals surface area (Å²) in [5.41, 5.74) is 2.27. The van der Waals surface area contributed by atoms with E-state index in [2.05, 4.69) is 4.98 Å². The number of benzene rings is 3. The zero-order valence-electron chi connectivity index (χ0n) is 18.0. The molecule has 3 aromatic carbocycles. The van der Waals surface area contributed by atoms with Crippen LogP contribution in [0.2, 0.25) is 0 Å². The van der Waals surface area contributed by atoms with E-state index in [0.29, 0.717) is 16.2 Å². The van der Waals surface area contributed by atoms with Gasteiger partial charge in [-0.2, -0.15) is 0 Å². The molecule has 1 atom stereocenters. The van der Waals surface area contributed by atoms with Crippen LogP contribution in [0.4, 0.5) is 9.52 Å². The summed E-state index contributed by atoms with van der Waals surface area (Å²) in [6.45, 7) is 2.04. The van der Waals surface area contributed by atoms with E-state index < -0.39 is 29.3 Å². The van der Waals surface area contributed by atoms with Crippen LogP contribution in [0.1, 0.15) is 29.7 Å². The molecule has 2 N–H and O–H groups in total. The number of amides is 1. The molecule has 2 heterocycles. The molecule has 170 valence electrons. The number of aliphatic hydroxyl groups excluding tert-OH is 1. The molecule has 4 aromatic rings. The fourth-order valence-corrected chi connectivity index (χ4v) is 5.14. The summed E-state index contributed by atoms with van der Waals surface area (Å²) in [7, 11) is 0. The van der Waals surface area contributed by atoms with Crippen molar-refractivity contribution in [2.75, 3.05) is 4.90 Å². The number of phenols is 1. The van der Waals surface area contributed by atoms with E-state index in [1.165, 1.54) is 40.5 Å². The maximum atomic E-state index is 13.4. The van der Waals surface area contributed by atoms with Crippen LogP contribution in [0.3, 0.4) is 0 Å². The molecule has 0 bridgehead atoms. The lowest BCUT2D eigenvalue weighted by Crippen LogP contribution is -2.29. The van der Waals surface area contributed by atoms with Gasteiger partial charge in [-0.1, -0.05) is 36.5 Å². The Bertz CT molecular complexity index is 1480. The molecule has 6 nitrogen and oxygen atoms in total. The largest absolute Gasteiger partial charge is 0.508 e. The average molecular weight is 475 g/mol. The van der Waals surface area contributed by atoms with Gasteiger partial charge in [0.05, 0.1) is 21.8 Å². The summed E-state index contributed by atoms with van der Waals surface area (Å²) >= 11 is 1.27. The standard InChI is InChI=1S/C26H19FN2O4S/c1-2-14-6-11-19-20(12-14)34-26(28-19)29-22(16-4-3-5-18(30)13-16)21(24(32)25(29)33)23(31)15-7-9-17(27)10-8-15/h3-13,22,30-31H,2H2,1H3/t22-/m1/s1. The number of nitrogens with zero attached hydrogens (tertiary/aromatic N) is 2. The van der Waals surface area contributed by atoms with Gasteiger partial charge in [0.2, 0.25) is 0 Å². The molecular weight excluding hydrogens is 455 g/mol. The fraction of sp³-hybridized carbons (Fsp3) is 0.115. The van der Waals surface area contributed by atoms with Crippen LogP contribution in [0.25, 0.3) is 16.0 Å². The van der Waals surface area contributed by atoms with E-state index in [0.717, 1.165) is 28.8 Å². The zero-order chi connectivity index (χ0) is 24.0. The van der Waals surface area contributed by atoms with Crippen molar-refractivity contribution in [3.05, 3.63) is 94.8 Å². The first-order chi connectivity index (χ1) is 16.4. The molecular formula is C26H19FN2O4S. The van der Waals surface area contributed by atoms with E-state index in [1.54, 1.807) is 12.1 Å². The SMILES string of the molecule is CCc1ccc2nc(N3C(=O)C(=O)C(=C(O)c4ccc(F)cc4)[C@H]3c3cccc(O)c3)sc2c1. The van der Waals surface area contributed by atoms with Crippen molar-refractivity contribution >= 4 is 44.1 Å². The first-order valence-corrected chi connectivity index (χ1v) is 11.4. The number of phenolic OH excluding ortho intramolecular Hbond substituents is 1. The number of fused-ring (bicyclic) bond motifs is 1. The Kier molecular flexibility index (Phi) is 5.37. The van der Waals surface area contributed by atoms with Crippen LogP contribution in [-0.2, 0) is 16.0 Å². The molecule has 0 unspecified atom stereocenters. The zero-order valence-corrected chi connectivity index (χ0v) is 18.8. The number of aromatic nitrogens is 1. The smallest absolute Gasteiger partial charge is 0.301 e. The van der Waals surface area contributed by atoms with Gasteiger partial charge in [-0.15, -0.1) is 0 Å². The van der Waals surface area contributed by atoms with Gasteiger partial charge in [0, 0.05) is 5.56 Å². The van der Waals surface area contributed by atoms with E-state index in [9.17, 15) is 24.2 Å². The number of Topliss-reactive ketones (excluding diaryl/α,β-unsaturated/α-hetero) is 1. The molecule has 0 spiro atoms. The number of carbonyl (C=O) groups is 2. The fourth-order valence-electron chi connectivity index (χ4n) is 4.08. The number of ketones is 1.